The number of aromatic nitrogens is 2. The van der Waals surface area contributed by atoms with Gasteiger partial charge in [-0.1, -0.05) is 6.07 Å². The van der Waals surface area contributed by atoms with Crippen molar-refractivity contribution in [1.29, 1.82) is 0 Å². The lowest BCUT2D eigenvalue weighted by atomic mass is 9.52. The summed E-state index contributed by atoms with van der Waals surface area (Å²) in [5, 5.41) is 20.7. The molecule has 5 aliphatic carbocycles. The highest BCUT2D eigenvalue weighted by atomic mass is 16.3. The van der Waals surface area contributed by atoms with Crippen molar-refractivity contribution in [3.63, 3.8) is 0 Å². The molecule has 7 nitrogen and oxygen atoms in total. The molecule has 0 radical (unpaired) electrons. The zero-order chi connectivity index (χ0) is 21.0. The van der Waals surface area contributed by atoms with Crippen LogP contribution in [0.4, 0.5) is 23.1 Å². The summed E-state index contributed by atoms with van der Waals surface area (Å²) in [7, 11) is 0. The minimum Gasteiger partial charge on any atom is -0.390 e. The quantitative estimate of drug-likeness (QED) is 0.566. The predicted molar refractivity (Wildman–Crippen MR) is 119 cm³/mol. The van der Waals surface area contributed by atoms with Gasteiger partial charge in [0.15, 0.2) is 0 Å². The van der Waals surface area contributed by atoms with E-state index in [1.165, 1.54) is 12.8 Å². The normalized spacial score (nSPS) is 33.2. The van der Waals surface area contributed by atoms with Crippen LogP contribution in [0.3, 0.4) is 0 Å². The van der Waals surface area contributed by atoms with E-state index in [0.717, 1.165) is 49.3 Å². The lowest BCUT2D eigenvalue weighted by molar-refractivity contribution is -0.129. The number of hydrogen-bond acceptors (Lipinski definition) is 6. The molecule has 4 N–H and O–H groups in total. The molecule has 31 heavy (non-hydrogen) atoms. The van der Waals surface area contributed by atoms with E-state index in [0.29, 0.717) is 29.7 Å². The lowest BCUT2D eigenvalue weighted by Gasteiger charge is -2.58. The van der Waals surface area contributed by atoms with E-state index in [4.69, 9.17) is 0 Å². The molecule has 7 heteroatoms. The Labute approximate surface area is 182 Å². The second kappa shape index (κ2) is 7.19. The molecule has 1 aromatic heterocycles. The molecule has 1 amide bonds. The highest BCUT2D eigenvalue weighted by molar-refractivity contribution is 5.94. The molecule has 2 aromatic rings. The van der Waals surface area contributed by atoms with Gasteiger partial charge in [0.25, 0.3) is 0 Å². The van der Waals surface area contributed by atoms with Crippen LogP contribution in [0.5, 0.6) is 0 Å². The van der Waals surface area contributed by atoms with Crippen molar-refractivity contribution in [2.24, 2.45) is 23.7 Å². The third kappa shape index (κ3) is 3.87. The summed E-state index contributed by atoms with van der Waals surface area (Å²) in [6.07, 6.45) is 8.98. The van der Waals surface area contributed by atoms with Crippen molar-refractivity contribution >= 4 is 29.0 Å². The molecule has 7 rings (SSSR count). The number of nitrogens with one attached hydrogen (secondary N) is 3. The van der Waals surface area contributed by atoms with E-state index in [2.05, 4.69) is 25.9 Å². The summed E-state index contributed by atoms with van der Waals surface area (Å²) in [4.78, 5) is 21.1. The number of amides is 1. The van der Waals surface area contributed by atoms with Gasteiger partial charge >= 0.3 is 0 Å². The number of aliphatic hydroxyl groups is 1. The first kappa shape index (κ1) is 19.0. The van der Waals surface area contributed by atoms with Crippen molar-refractivity contribution in [3.8, 4) is 0 Å². The third-order valence-electron chi connectivity index (χ3n) is 7.55. The number of carbonyl (C=O) groups is 1. The van der Waals surface area contributed by atoms with E-state index in [1.807, 2.05) is 30.3 Å². The van der Waals surface area contributed by atoms with E-state index >= 15 is 0 Å². The summed E-state index contributed by atoms with van der Waals surface area (Å²) in [5.41, 5.74) is 1.19. The minimum atomic E-state index is -0.424. The molecular weight excluding hydrogens is 390 g/mol. The van der Waals surface area contributed by atoms with E-state index in [-0.39, 0.29) is 11.8 Å². The largest absolute Gasteiger partial charge is 0.390 e. The Balaban J connectivity index is 1.14. The van der Waals surface area contributed by atoms with Crippen LogP contribution in [0.1, 0.15) is 44.9 Å². The molecule has 5 fully saturated rings. The van der Waals surface area contributed by atoms with Crippen molar-refractivity contribution in [2.75, 3.05) is 16.0 Å². The van der Waals surface area contributed by atoms with Crippen LogP contribution < -0.4 is 16.0 Å². The Morgan fingerprint density at radius 2 is 1.84 bits per heavy atom. The zero-order valence-corrected chi connectivity index (χ0v) is 17.6. The molecule has 1 heterocycles. The van der Waals surface area contributed by atoms with E-state index in [1.54, 1.807) is 6.20 Å². The number of nitrogens with zero attached hydrogens (tertiary/aromatic N) is 2. The summed E-state index contributed by atoms with van der Waals surface area (Å²) < 4.78 is 0. The van der Waals surface area contributed by atoms with Crippen molar-refractivity contribution < 1.29 is 9.90 Å². The Hall–Kier alpha value is -2.67. The van der Waals surface area contributed by atoms with Crippen molar-refractivity contribution in [3.05, 3.63) is 36.5 Å². The van der Waals surface area contributed by atoms with Gasteiger partial charge in [0.05, 0.1) is 5.60 Å². The van der Waals surface area contributed by atoms with Crippen molar-refractivity contribution in [1.82, 2.24) is 9.97 Å². The molecule has 5 saturated carbocycles. The molecule has 0 aliphatic heterocycles. The molecule has 2 atom stereocenters. The molecule has 0 spiro atoms. The fourth-order valence-corrected chi connectivity index (χ4v) is 6.28. The monoisotopic (exact) mass is 419 g/mol. The summed E-state index contributed by atoms with van der Waals surface area (Å²) >= 11 is 0. The molecule has 2 unspecified atom stereocenters. The van der Waals surface area contributed by atoms with Crippen LogP contribution in [-0.4, -0.2) is 32.6 Å². The first-order valence-corrected chi connectivity index (χ1v) is 11.5. The average molecular weight is 420 g/mol. The number of benzene rings is 1. The van der Waals surface area contributed by atoms with Gasteiger partial charge < -0.3 is 21.1 Å². The van der Waals surface area contributed by atoms with Gasteiger partial charge in [-0.15, -0.1) is 0 Å². The predicted octanol–water partition coefficient (Wildman–Crippen LogP) is 3.92. The van der Waals surface area contributed by atoms with Gasteiger partial charge in [0.1, 0.15) is 5.82 Å². The van der Waals surface area contributed by atoms with Crippen molar-refractivity contribution in [2.45, 2.75) is 56.6 Å². The standard InChI is InChI=1S/C24H29N5O2/c30-22(15-4-5-15)26-18-2-1-3-19(10-18)27-23-25-7-6-20(29-23)28-21-16-8-14-9-17(21)13-24(31,11-14)12-16/h1-3,6-7,10,14-17,21,31H,4-5,8-9,11-13H2,(H,26,30)(H2,25,27,28,29). The Morgan fingerprint density at radius 1 is 1.06 bits per heavy atom. The first-order chi connectivity index (χ1) is 15.0. The van der Waals surface area contributed by atoms with Gasteiger partial charge in [-0.3, -0.25) is 4.79 Å². The van der Waals surface area contributed by atoms with Crippen LogP contribution in [0.25, 0.3) is 0 Å². The minimum absolute atomic E-state index is 0.0972. The number of rotatable bonds is 6. The molecule has 5 aliphatic rings. The van der Waals surface area contributed by atoms with Gasteiger partial charge in [-0.2, -0.15) is 4.98 Å². The van der Waals surface area contributed by atoms with Crippen LogP contribution in [0, 0.1) is 23.7 Å². The second-order valence-corrected chi connectivity index (χ2v) is 10.1. The third-order valence-corrected chi connectivity index (χ3v) is 7.55. The smallest absolute Gasteiger partial charge is 0.229 e. The van der Waals surface area contributed by atoms with E-state index in [9.17, 15) is 9.90 Å². The Bertz CT molecular complexity index is 991. The van der Waals surface area contributed by atoms with Gasteiger partial charge in [0.2, 0.25) is 11.9 Å². The Kier molecular flexibility index (Phi) is 4.42. The van der Waals surface area contributed by atoms with Crippen LogP contribution in [0.15, 0.2) is 36.5 Å². The topological polar surface area (TPSA) is 99.2 Å². The molecule has 4 bridgehead atoms. The summed E-state index contributed by atoms with van der Waals surface area (Å²) in [5.74, 6) is 3.35. The van der Waals surface area contributed by atoms with Gasteiger partial charge in [-0.25, -0.2) is 4.98 Å². The van der Waals surface area contributed by atoms with Crippen LogP contribution >= 0.6 is 0 Å². The maximum absolute atomic E-state index is 12.0. The van der Waals surface area contributed by atoms with Gasteiger partial charge in [0, 0.05) is 29.5 Å². The summed E-state index contributed by atoms with van der Waals surface area (Å²) in [6.45, 7) is 0. The van der Waals surface area contributed by atoms with Crippen LogP contribution in [0.2, 0.25) is 0 Å². The lowest BCUT2D eigenvalue weighted by Crippen LogP contribution is -2.59. The van der Waals surface area contributed by atoms with Gasteiger partial charge in [-0.05, 0) is 87.0 Å². The number of anilines is 4. The van der Waals surface area contributed by atoms with Crippen LogP contribution in [-0.2, 0) is 4.79 Å². The molecule has 0 saturated heterocycles. The molecule has 1 aromatic carbocycles. The fourth-order valence-electron chi connectivity index (χ4n) is 6.28. The maximum atomic E-state index is 12.0. The number of hydrogen-bond donors (Lipinski definition) is 4. The summed E-state index contributed by atoms with van der Waals surface area (Å²) in [6, 6.07) is 9.94. The van der Waals surface area contributed by atoms with E-state index < -0.39 is 5.60 Å². The molecule has 162 valence electrons. The maximum Gasteiger partial charge on any atom is 0.229 e. The Morgan fingerprint density at radius 3 is 2.58 bits per heavy atom. The SMILES string of the molecule is O=C(Nc1cccc(Nc2nccc(NC3C4CC5CC3CC(O)(C5)C4)n2)c1)C1CC1. The number of carbonyl (C=O) groups excluding carboxylic acids is 1. The molecular formula is C24H29N5O2. The second-order valence-electron chi connectivity index (χ2n) is 10.1. The average Bonchev–Trinajstić information content (AvgIpc) is 3.56. The fraction of sp³-hybridized carbons (Fsp3) is 0.542. The highest BCUT2D eigenvalue weighted by Crippen LogP contribution is 2.56. The first-order valence-electron chi connectivity index (χ1n) is 11.5. The zero-order valence-electron chi connectivity index (χ0n) is 17.6. The highest BCUT2D eigenvalue weighted by Gasteiger charge is 2.54.